The van der Waals surface area contributed by atoms with Crippen molar-refractivity contribution in [2.75, 3.05) is 19.6 Å². The largest absolute Gasteiger partial charge is 0.405 e. The summed E-state index contributed by atoms with van der Waals surface area (Å²) in [7, 11) is 0. The molecule has 0 saturated carbocycles. The van der Waals surface area contributed by atoms with Gasteiger partial charge in [-0.15, -0.1) is 0 Å². The van der Waals surface area contributed by atoms with Crippen LogP contribution in [0.5, 0.6) is 0 Å². The first kappa shape index (κ1) is 20.6. The van der Waals surface area contributed by atoms with Crippen LogP contribution in [0.1, 0.15) is 31.6 Å². The second-order valence-corrected chi connectivity index (χ2v) is 7.48. The van der Waals surface area contributed by atoms with Crippen LogP contribution in [-0.2, 0) is 11.4 Å². The Balaban J connectivity index is 1.60. The quantitative estimate of drug-likeness (QED) is 0.563. The van der Waals surface area contributed by atoms with Gasteiger partial charge in [-0.25, -0.2) is 9.97 Å². The van der Waals surface area contributed by atoms with E-state index < -0.39 is 24.7 Å². The molecule has 1 fully saturated rings. The van der Waals surface area contributed by atoms with E-state index in [1.165, 1.54) is 0 Å². The summed E-state index contributed by atoms with van der Waals surface area (Å²) in [5, 5.41) is 12.7. The zero-order valence-corrected chi connectivity index (χ0v) is 16.4. The number of aliphatic hydroxyl groups excluding tert-OH is 1. The molecule has 162 valence electrons. The number of hydrogen-bond donors (Lipinski definition) is 3. The number of alkyl halides is 3. The number of nitrogens with one attached hydrogen (secondary N) is 2. The van der Waals surface area contributed by atoms with E-state index in [0.717, 1.165) is 10.9 Å². The minimum Gasteiger partial charge on any atom is -0.388 e. The van der Waals surface area contributed by atoms with E-state index in [-0.39, 0.29) is 12.6 Å². The summed E-state index contributed by atoms with van der Waals surface area (Å²) in [5.41, 5.74) is 2.23. The van der Waals surface area contributed by atoms with Crippen molar-refractivity contribution in [3.8, 4) is 0 Å². The average Bonchev–Trinajstić information content (AvgIpc) is 3.42. The summed E-state index contributed by atoms with van der Waals surface area (Å²) in [5.74, 6) is -0.118. The fourth-order valence-electron chi connectivity index (χ4n) is 4.32. The van der Waals surface area contributed by atoms with Crippen molar-refractivity contribution in [2.24, 2.45) is 0 Å². The van der Waals surface area contributed by atoms with E-state index in [1.54, 1.807) is 19.3 Å². The summed E-state index contributed by atoms with van der Waals surface area (Å²) >= 11 is 0. The molecule has 30 heavy (non-hydrogen) atoms. The molecule has 0 aromatic carbocycles. The van der Waals surface area contributed by atoms with Gasteiger partial charge in [-0.05, 0) is 18.9 Å². The third-order valence-corrected chi connectivity index (χ3v) is 5.60. The summed E-state index contributed by atoms with van der Waals surface area (Å²) < 4.78 is 39.4. The molecule has 2 atom stereocenters. The summed E-state index contributed by atoms with van der Waals surface area (Å²) in [4.78, 5) is 26.2. The van der Waals surface area contributed by atoms with Crippen molar-refractivity contribution in [2.45, 2.75) is 44.6 Å². The molecule has 3 aromatic heterocycles. The topological polar surface area (TPSA) is 99.1 Å². The number of fused-ring (bicyclic) bond motifs is 3. The van der Waals surface area contributed by atoms with E-state index in [2.05, 4.69) is 15.0 Å². The van der Waals surface area contributed by atoms with Crippen LogP contribution in [0.3, 0.4) is 0 Å². The van der Waals surface area contributed by atoms with Crippen LogP contribution >= 0.6 is 0 Å². The standard InChI is InChI=1S/C19H23F3N6O2/c1-2-14(18(30)25-10-19(20,21)22)27-6-4-11(8-27)28-15(9-29)26-13-7-24-17-12(16(13)28)3-5-23-17/h3,5,7,11,14,29H,2,4,6,8-10H2,1H3,(H,23,24)(H,25,30). The van der Waals surface area contributed by atoms with Gasteiger partial charge < -0.3 is 20.0 Å². The smallest absolute Gasteiger partial charge is 0.388 e. The number of carbonyl (C=O) groups excluding carboxylic acids is 1. The number of likely N-dealkylation sites (tertiary alicyclic amines) is 1. The molecule has 4 rings (SSSR count). The van der Waals surface area contributed by atoms with Crippen LogP contribution in [0.2, 0.25) is 0 Å². The molecule has 1 saturated heterocycles. The number of aromatic amines is 1. The number of pyridine rings is 1. The molecule has 11 heteroatoms. The molecule has 2 unspecified atom stereocenters. The van der Waals surface area contributed by atoms with Crippen molar-refractivity contribution < 1.29 is 23.1 Å². The number of H-pyrrole nitrogens is 1. The molecular weight excluding hydrogens is 401 g/mol. The zero-order valence-electron chi connectivity index (χ0n) is 16.4. The maximum atomic E-state index is 12.5. The lowest BCUT2D eigenvalue weighted by atomic mass is 10.2. The number of halogens is 3. The lowest BCUT2D eigenvalue weighted by molar-refractivity contribution is -0.141. The van der Waals surface area contributed by atoms with Gasteiger partial charge >= 0.3 is 6.18 Å². The third kappa shape index (κ3) is 3.74. The van der Waals surface area contributed by atoms with Crippen molar-refractivity contribution in [1.82, 2.24) is 29.7 Å². The van der Waals surface area contributed by atoms with Gasteiger partial charge in [0.1, 0.15) is 30.1 Å². The average molecular weight is 424 g/mol. The molecule has 1 aliphatic rings. The van der Waals surface area contributed by atoms with Crippen LogP contribution < -0.4 is 5.32 Å². The summed E-state index contributed by atoms with van der Waals surface area (Å²) in [6, 6.07) is 1.19. The SMILES string of the molecule is CCC(C(=O)NCC(F)(F)F)N1CCC(n2c(CO)nc3cnc4[nH]ccc4c32)C1. The van der Waals surface area contributed by atoms with Gasteiger partial charge in [0.05, 0.1) is 17.8 Å². The molecule has 1 aliphatic heterocycles. The highest BCUT2D eigenvalue weighted by Gasteiger charge is 2.35. The zero-order chi connectivity index (χ0) is 21.5. The number of imidazole rings is 1. The molecular formula is C19H23F3N6O2. The minimum absolute atomic E-state index is 0.0675. The Morgan fingerprint density at radius 1 is 1.47 bits per heavy atom. The monoisotopic (exact) mass is 424 g/mol. The normalized spacial score (nSPS) is 19.0. The van der Waals surface area contributed by atoms with Crippen LogP contribution in [0.4, 0.5) is 13.2 Å². The van der Waals surface area contributed by atoms with Crippen LogP contribution in [0.15, 0.2) is 18.5 Å². The van der Waals surface area contributed by atoms with Crippen LogP contribution in [-0.4, -0.2) is 67.3 Å². The molecule has 0 radical (unpaired) electrons. The van der Waals surface area contributed by atoms with Crippen molar-refractivity contribution in [1.29, 1.82) is 0 Å². The third-order valence-electron chi connectivity index (χ3n) is 5.60. The van der Waals surface area contributed by atoms with E-state index in [4.69, 9.17) is 0 Å². The van der Waals surface area contributed by atoms with Crippen molar-refractivity contribution in [3.63, 3.8) is 0 Å². The van der Waals surface area contributed by atoms with E-state index in [9.17, 15) is 23.1 Å². The number of rotatable bonds is 6. The highest BCUT2D eigenvalue weighted by Crippen LogP contribution is 2.32. The predicted octanol–water partition coefficient (Wildman–Crippen LogP) is 2.11. The van der Waals surface area contributed by atoms with E-state index in [0.29, 0.717) is 42.9 Å². The number of hydrogen-bond acceptors (Lipinski definition) is 5. The molecule has 0 aliphatic carbocycles. The fraction of sp³-hybridized carbons (Fsp3) is 0.526. The van der Waals surface area contributed by atoms with E-state index >= 15 is 0 Å². The predicted molar refractivity (Wildman–Crippen MR) is 104 cm³/mol. The Labute approximate surface area is 170 Å². The van der Waals surface area contributed by atoms with Crippen molar-refractivity contribution in [3.05, 3.63) is 24.3 Å². The highest BCUT2D eigenvalue weighted by atomic mass is 19.4. The second-order valence-electron chi connectivity index (χ2n) is 7.48. The van der Waals surface area contributed by atoms with Gasteiger partial charge in [0.25, 0.3) is 0 Å². The first-order valence-electron chi connectivity index (χ1n) is 9.84. The first-order valence-corrected chi connectivity index (χ1v) is 9.84. The molecule has 4 heterocycles. The van der Waals surface area contributed by atoms with Gasteiger partial charge in [0, 0.05) is 30.7 Å². The Hall–Kier alpha value is -2.66. The van der Waals surface area contributed by atoms with Gasteiger partial charge in [-0.3, -0.25) is 9.69 Å². The molecule has 3 N–H and O–H groups in total. The van der Waals surface area contributed by atoms with Gasteiger partial charge in [-0.1, -0.05) is 6.92 Å². The number of carbonyl (C=O) groups is 1. The van der Waals surface area contributed by atoms with E-state index in [1.807, 2.05) is 20.9 Å². The second kappa shape index (κ2) is 7.88. The Bertz CT molecular complexity index is 1060. The maximum Gasteiger partial charge on any atom is 0.405 e. The number of aliphatic hydroxyl groups is 1. The van der Waals surface area contributed by atoms with Crippen molar-refractivity contribution >= 4 is 28.0 Å². The molecule has 0 spiro atoms. The maximum absolute atomic E-state index is 12.5. The Morgan fingerprint density at radius 2 is 2.27 bits per heavy atom. The summed E-state index contributed by atoms with van der Waals surface area (Å²) in [6.07, 6.45) is 0.0843. The molecule has 1 amide bonds. The molecule has 0 bridgehead atoms. The molecule has 3 aromatic rings. The van der Waals surface area contributed by atoms with Crippen LogP contribution in [0, 0.1) is 0 Å². The van der Waals surface area contributed by atoms with Gasteiger partial charge in [0.2, 0.25) is 5.91 Å². The summed E-state index contributed by atoms with van der Waals surface area (Å²) in [6.45, 7) is 1.24. The molecule has 8 nitrogen and oxygen atoms in total. The Kier molecular flexibility index (Phi) is 5.41. The highest BCUT2D eigenvalue weighted by molar-refractivity contribution is 6.01. The first-order chi connectivity index (χ1) is 14.3. The number of amides is 1. The van der Waals surface area contributed by atoms with Crippen LogP contribution in [0.25, 0.3) is 22.1 Å². The number of nitrogens with zero attached hydrogens (tertiary/aromatic N) is 4. The fourth-order valence-corrected chi connectivity index (χ4v) is 4.32. The lowest BCUT2D eigenvalue weighted by Gasteiger charge is -2.26. The van der Waals surface area contributed by atoms with Gasteiger partial charge in [0.15, 0.2) is 0 Å². The Morgan fingerprint density at radius 3 is 2.97 bits per heavy atom. The lowest BCUT2D eigenvalue weighted by Crippen LogP contribution is -2.48. The number of aromatic nitrogens is 4. The van der Waals surface area contributed by atoms with Gasteiger partial charge in [-0.2, -0.15) is 13.2 Å². The minimum atomic E-state index is -4.44.